The molecule has 0 saturated heterocycles. The zero-order valence-corrected chi connectivity index (χ0v) is 15.6. The van der Waals surface area contributed by atoms with Gasteiger partial charge in [0.25, 0.3) is 5.91 Å². The van der Waals surface area contributed by atoms with Crippen LogP contribution in [0.1, 0.15) is 10.4 Å². The Morgan fingerprint density at radius 2 is 1.81 bits per heavy atom. The number of nitrogens with one attached hydrogen (secondary N) is 2. The van der Waals surface area contributed by atoms with Crippen molar-refractivity contribution < 1.29 is 14.3 Å². The van der Waals surface area contributed by atoms with Crippen LogP contribution < -0.4 is 20.1 Å². The summed E-state index contributed by atoms with van der Waals surface area (Å²) in [6.45, 7) is 0. The van der Waals surface area contributed by atoms with Crippen molar-refractivity contribution in [2.24, 2.45) is 0 Å². The highest BCUT2D eigenvalue weighted by Crippen LogP contribution is 2.29. The summed E-state index contributed by atoms with van der Waals surface area (Å²) < 4.78 is 10.5. The number of carbonyl (C=O) groups excluding carboxylic acids is 1. The van der Waals surface area contributed by atoms with E-state index in [2.05, 4.69) is 15.6 Å². The number of benzene rings is 2. The summed E-state index contributed by atoms with van der Waals surface area (Å²) in [5.74, 6) is 1.37. The maximum absolute atomic E-state index is 12.6. The van der Waals surface area contributed by atoms with E-state index in [4.69, 9.17) is 21.1 Å². The Labute approximate surface area is 162 Å². The van der Waals surface area contributed by atoms with Crippen LogP contribution in [0.5, 0.6) is 11.5 Å². The van der Waals surface area contributed by atoms with Crippen LogP contribution in [0.15, 0.2) is 60.8 Å². The lowest BCUT2D eigenvalue weighted by Crippen LogP contribution is -2.13. The molecule has 0 saturated carbocycles. The summed E-state index contributed by atoms with van der Waals surface area (Å²) in [5.41, 5.74) is 1.69. The van der Waals surface area contributed by atoms with Crippen molar-refractivity contribution in [3.05, 3.63) is 71.4 Å². The Morgan fingerprint density at radius 3 is 2.56 bits per heavy atom. The number of nitrogens with zero attached hydrogens (tertiary/aromatic N) is 1. The molecule has 2 aromatic carbocycles. The van der Waals surface area contributed by atoms with E-state index >= 15 is 0 Å². The fraction of sp³-hybridized carbons (Fsp3) is 0.100. The van der Waals surface area contributed by atoms with E-state index in [1.54, 1.807) is 49.7 Å². The summed E-state index contributed by atoms with van der Waals surface area (Å²) in [5, 5.41) is 6.50. The fourth-order valence-corrected chi connectivity index (χ4v) is 2.62. The SMILES string of the molecule is COc1ccc(NC(=O)c2ccnc(Nc3ccccc3Cl)c2)c(OC)c1. The topological polar surface area (TPSA) is 72.5 Å². The molecule has 3 rings (SSSR count). The van der Waals surface area contributed by atoms with Gasteiger partial charge in [-0.3, -0.25) is 4.79 Å². The third-order valence-corrected chi connectivity index (χ3v) is 4.15. The fourth-order valence-electron chi connectivity index (χ4n) is 2.44. The molecule has 0 aliphatic heterocycles. The van der Waals surface area contributed by atoms with Crippen LogP contribution >= 0.6 is 11.6 Å². The van der Waals surface area contributed by atoms with Crippen LogP contribution in [0.2, 0.25) is 5.02 Å². The van der Waals surface area contributed by atoms with Crippen LogP contribution in [0.25, 0.3) is 0 Å². The molecule has 1 amide bonds. The highest BCUT2D eigenvalue weighted by atomic mass is 35.5. The molecule has 0 aliphatic carbocycles. The molecular weight excluding hydrogens is 366 g/mol. The number of para-hydroxylation sites is 1. The molecule has 1 aromatic heterocycles. The van der Waals surface area contributed by atoms with Crippen LogP contribution in [0.4, 0.5) is 17.2 Å². The molecule has 2 N–H and O–H groups in total. The van der Waals surface area contributed by atoms with Crippen LogP contribution in [0.3, 0.4) is 0 Å². The van der Waals surface area contributed by atoms with Gasteiger partial charge < -0.3 is 20.1 Å². The van der Waals surface area contributed by atoms with Gasteiger partial charge in [-0.2, -0.15) is 0 Å². The van der Waals surface area contributed by atoms with Gasteiger partial charge in [-0.25, -0.2) is 4.98 Å². The number of anilines is 3. The molecule has 0 radical (unpaired) electrons. The molecule has 27 heavy (non-hydrogen) atoms. The monoisotopic (exact) mass is 383 g/mol. The number of carbonyl (C=O) groups is 1. The molecule has 0 spiro atoms. The predicted octanol–water partition coefficient (Wildman–Crippen LogP) is 4.75. The number of aromatic nitrogens is 1. The number of methoxy groups -OCH3 is 2. The number of rotatable bonds is 6. The van der Waals surface area contributed by atoms with E-state index in [9.17, 15) is 4.79 Å². The van der Waals surface area contributed by atoms with Crippen LogP contribution in [-0.4, -0.2) is 25.1 Å². The number of pyridine rings is 1. The third kappa shape index (κ3) is 4.48. The standard InChI is InChI=1S/C20H18ClN3O3/c1-26-14-7-8-17(18(12-14)27-2)24-20(25)13-9-10-22-19(11-13)23-16-6-4-3-5-15(16)21/h3-12H,1-2H3,(H,22,23)(H,24,25). The van der Waals surface area contributed by atoms with Crippen molar-refractivity contribution >= 4 is 34.7 Å². The van der Waals surface area contributed by atoms with Crippen molar-refractivity contribution in [2.45, 2.75) is 0 Å². The molecule has 0 unspecified atom stereocenters. The molecule has 3 aromatic rings. The lowest BCUT2D eigenvalue weighted by atomic mass is 10.2. The first-order valence-corrected chi connectivity index (χ1v) is 8.49. The average Bonchev–Trinajstić information content (AvgIpc) is 2.70. The van der Waals surface area contributed by atoms with Crippen molar-refractivity contribution in [3.8, 4) is 11.5 Å². The summed E-state index contributed by atoms with van der Waals surface area (Å²) >= 11 is 6.15. The molecule has 0 fully saturated rings. The second kappa shape index (κ2) is 8.42. The molecule has 0 aliphatic rings. The van der Waals surface area contributed by atoms with Crippen molar-refractivity contribution in [2.75, 3.05) is 24.9 Å². The number of halogens is 1. The molecule has 0 bridgehead atoms. The first-order valence-electron chi connectivity index (χ1n) is 8.11. The normalized spacial score (nSPS) is 10.2. The second-order valence-electron chi connectivity index (χ2n) is 5.55. The van der Waals surface area contributed by atoms with Gasteiger partial charge >= 0.3 is 0 Å². The van der Waals surface area contributed by atoms with Crippen molar-refractivity contribution in [3.63, 3.8) is 0 Å². The van der Waals surface area contributed by atoms with Gasteiger partial charge in [0.1, 0.15) is 17.3 Å². The van der Waals surface area contributed by atoms with Gasteiger partial charge in [-0.1, -0.05) is 23.7 Å². The summed E-state index contributed by atoms with van der Waals surface area (Å²) in [6, 6.07) is 15.8. The Bertz CT molecular complexity index is 963. The maximum Gasteiger partial charge on any atom is 0.255 e. The van der Waals surface area contributed by atoms with Crippen LogP contribution in [0, 0.1) is 0 Å². The molecule has 6 nitrogen and oxygen atoms in total. The Balaban J connectivity index is 1.79. The highest BCUT2D eigenvalue weighted by Gasteiger charge is 2.12. The highest BCUT2D eigenvalue weighted by molar-refractivity contribution is 6.33. The molecule has 0 atom stereocenters. The van der Waals surface area contributed by atoms with Crippen molar-refractivity contribution in [1.82, 2.24) is 4.98 Å². The number of hydrogen-bond acceptors (Lipinski definition) is 5. The smallest absolute Gasteiger partial charge is 0.255 e. The molecule has 138 valence electrons. The van der Waals surface area contributed by atoms with E-state index in [0.29, 0.717) is 39.3 Å². The Morgan fingerprint density at radius 1 is 1.00 bits per heavy atom. The summed E-state index contributed by atoms with van der Waals surface area (Å²) in [7, 11) is 3.10. The Kier molecular flexibility index (Phi) is 5.78. The zero-order chi connectivity index (χ0) is 19.2. The predicted molar refractivity (Wildman–Crippen MR) is 106 cm³/mol. The minimum absolute atomic E-state index is 0.289. The van der Waals surface area contributed by atoms with Gasteiger partial charge in [0.05, 0.1) is 30.6 Å². The molecule has 7 heteroatoms. The maximum atomic E-state index is 12.6. The first-order chi connectivity index (χ1) is 13.1. The Hall–Kier alpha value is -3.25. The summed E-state index contributed by atoms with van der Waals surface area (Å²) in [6.07, 6.45) is 1.55. The van der Waals surface area contributed by atoms with E-state index in [1.807, 2.05) is 18.2 Å². The van der Waals surface area contributed by atoms with Gasteiger partial charge in [0, 0.05) is 17.8 Å². The van der Waals surface area contributed by atoms with E-state index in [1.165, 1.54) is 7.11 Å². The van der Waals surface area contributed by atoms with Gasteiger partial charge in [-0.15, -0.1) is 0 Å². The largest absolute Gasteiger partial charge is 0.497 e. The summed E-state index contributed by atoms with van der Waals surface area (Å²) in [4.78, 5) is 16.9. The van der Waals surface area contributed by atoms with Gasteiger partial charge in [-0.05, 0) is 36.4 Å². The third-order valence-electron chi connectivity index (χ3n) is 3.82. The lowest BCUT2D eigenvalue weighted by Gasteiger charge is -2.12. The van der Waals surface area contributed by atoms with Crippen LogP contribution in [-0.2, 0) is 0 Å². The average molecular weight is 384 g/mol. The quantitative estimate of drug-likeness (QED) is 0.642. The van der Waals surface area contributed by atoms with E-state index in [0.717, 1.165) is 0 Å². The molecule has 1 heterocycles. The van der Waals surface area contributed by atoms with Gasteiger partial charge in [0.2, 0.25) is 0 Å². The second-order valence-corrected chi connectivity index (χ2v) is 5.96. The number of ether oxygens (including phenoxy) is 2. The minimum atomic E-state index is -0.289. The zero-order valence-electron chi connectivity index (χ0n) is 14.8. The number of amides is 1. The number of hydrogen-bond donors (Lipinski definition) is 2. The first kappa shape index (κ1) is 18.5. The van der Waals surface area contributed by atoms with Crippen molar-refractivity contribution in [1.29, 1.82) is 0 Å². The van der Waals surface area contributed by atoms with E-state index < -0.39 is 0 Å². The minimum Gasteiger partial charge on any atom is -0.497 e. The van der Waals surface area contributed by atoms with Gasteiger partial charge in [0.15, 0.2) is 0 Å². The van der Waals surface area contributed by atoms with E-state index in [-0.39, 0.29) is 5.91 Å². The molecular formula is C20H18ClN3O3. The lowest BCUT2D eigenvalue weighted by molar-refractivity contribution is 0.102.